The highest BCUT2D eigenvalue weighted by Gasteiger charge is 2.38. The van der Waals surface area contributed by atoms with Crippen LogP contribution < -0.4 is 0 Å². The van der Waals surface area contributed by atoms with E-state index in [-0.39, 0.29) is 54.3 Å². The fourth-order valence-electron chi connectivity index (χ4n) is 3.60. The second kappa shape index (κ2) is 7.72. The zero-order valence-electron chi connectivity index (χ0n) is 15.2. The molecular weight excluding hydrogens is 374 g/mol. The molecule has 1 aliphatic rings. The van der Waals surface area contributed by atoms with Crippen molar-refractivity contribution in [2.24, 2.45) is 17.8 Å². The van der Waals surface area contributed by atoms with Crippen LogP contribution in [0.2, 0.25) is 0 Å². The lowest BCUT2D eigenvalue weighted by Gasteiger charge is -2.37. The molecule has 0 bridgehead atoms. The van der Waals surface area contributed by atoms with Crippen molar-refractivity contribution in [1.82, 2.24) is 0 Å². The summed E-state index contributed by atoms with van der Waals surface area (Å²) in [5.74, 6) is -0.466. The molecule has 1 fully saturated rings. The minimum atomic E-state index is -4.86. The van der Waals surface area contributed by atoms with Crippen LogP contribution in [0.5, 0.6) is 0 Å². The average molecular weight is 396 g/mol. The highest BCUT2D eigenvalue weighted by atomic mass is 19.4. The molecule has 0 spiro atoms. The molecule has 2 nitrogen and oxygen atoms in total. The Morgan fingerprint density at radius 1 is 1.04 bits per heavy atom. The summed E-state index contributed by atoms with van der Waals surface area (Å²) >= 11 is 0. The Morgan fingerprint density at radius 2 is 1.56 bits per heavy atom. The first kappa shape index (κ1) is 21.6. The molecule has 0 aliphatic carbocycles. The maximum Gasteiger partial charge on any atom is 0.416 e. The fourth-order valence-corrected chi connectivity index (χ4v) is 3.60. The van der Waals surface area contributed by atoms with Crippen LogP contribution in [-0.2, 0) is 28.3 Å². The number of esters is 1. The first-order valence-electron chi connectivity index (χ1n) is 8.77. The Hall–Kier alpha value is -1.73. The maximum absolute atomic E-state index is 13.0. The van der Waals surface area contributed by atoms with Crippen LogP contribution in [0, 0.1) is 17.8 Å². The highest BCUT2D eigenvalue weighted by Crippen LogP contribution is 2.38. The smallest absolute Gasteiger partial charge is 0.416 e. The largest absolute Gasteiger partial charge is 0.462 e. The molecule has 1 heterocycles. The molecule has 27 heavy (non-hydrogen) atoms. The third kappa shape index (κ3) is 5.39. The van der Waals surface area contributed by atoms with Gasteiger partial charge in [0.15, 0.2) is 0 Å². The number of cyclic esters (lactones) is 1. The second-order valence-corrected chi connectivity index (χ2v) is 7.47. The number of hydrogen-bond donors (Lipinski definition) is 0. The molecule has 0 radical (unpaired) electrons. The molecule has 1 aliphatic heterocycles. The van der Waals surface area contributed by atoms with Crippen molar-refractivity contribution in [2.45, 2.75) is 58.5 Å². The zero-order valence-corrected chi connectivity index (χ0v) is 15.2. The molecule has 3 atom stereocenters. The highest BCUT2D eigenvalue weighted by molar-refractivity contribution is 5.70. The number of rotatable bonds is 4. The third-order valence-corrected chi connectivity index (χ3v) is 5.07. The van der Waals surface area contributed by atoms with Crippen LogP contribution in [0.1, 0.15) is 50.3 Å². The van der Waals surface area contributed by atoms with Gasteiger partial charge in [0.1, 0.15) is 6.10 Å². The van der Waals surface area contributed by atoms with Gasteiger partial charge in [0.05, 0.1) is 11.1 Å². The van der Waals surface area contributed by atoms with E-state index in [1.54, 1.807) is 0 Å². The minimum absolute atomic E-state index is 0.0180. The summed E-state index contributed by atoms with van der Waals surface area (Å²) in [5.41, 5.74) is -2.67. The summed E-state index contributed by atoms with van der Waals surface area (Å²) in [6.07, 6.45) is -9.56. The lowest BCUT2D eigenvalue weighted by atomic mass is 9.77. The molecule has 1 saturated heterocycles. The molecule has 1 aromatic rings. The number of benzene rings is 1. The van der Waals surface area contributed by atoms with Gasteiger partial charge in [-0.1, -0.05) is 20.8 Å². The van der Waals surface area contributed by atoms with E-state index >= 15 is 0 Å². The summed E-state index contributed by atoms with van der Waals surface area (Å²) in [5, 5.41) is 0. The van der Waals surface area contributed by atoms with E-state index < -0.39 is 23.5 Å². The Labute approximate surface area is 153 Å². The number of ether oxygens (including phenoxy) is 1. The van der Waals surface area contributed by atoms with Crippen molar-refractivity contribution in [3.63, 3.8) is 0 Å². The molecule has 0 amide bonds. The maximum atomic E-state index is 13.0. The lowest BCUT2D eigenvalue weighted by Crippen LogP contribution is -2.40. The summed E-state index contributed by atoms with van der Waals surface area (Å²) in [6.45, 7) is 5.70. The Balaban J connectivity index is 2.22. The quantitative estimate of drug-likeness (QED) is 0.469. The van der Waals surface area contributed by atoms with Gasteiger partial charge >= 0.3 is 18.3 Å². The van der Waals surface area contributed by atoms with E-state index in [0.29, 0.717) is 6.42 Å². The van der Waals surface area contributed by atoms with Crippen LogP contribution in [0.4, 0.5) is 26.3 Å². The first-order valence-corrected chi connectivity index (χ1v) is 8.77. The van der Waals surface area contributed by atoms with Crippen molar-refractivity contribution in [2.75, 3.05) is 0 Å². The van der Waals surface area contributed by atoms with Crippen molar-refractivity contribution in [3.8, 4) is 0 Å². The standard InChI is InChI=1S/C19H22F6O2/c1-10(2)17-11(3)13(8-16(26)27-17)5-4-12-6-14(18(20,21)22)9-15(7-12)19(23,24)25/h6-7,9-11,13,17H,4-5,8H2,1-3H3/t11-,13?,17+/m0/s1. The Kier molecular flexibility index (Phi) is 6.16. The van der Waals surface area contributed by atoms with Crippen molar-refractivity contribution in [3.05, 3.63) is 34.9 Å². The predicted octanol–water partition coefficient (Wildman–Crippen LogP) is 5.88. The van der Waals surface area contributed by atoms with Crippen LogP contribution in [0.3, 0.4) is 0 Å². The molecule has 1 aromatic carbocycles. The second-order valence-electron chi connectivity index (χ2n) is 7.47. The van der Waals surface area contributed by atoms with E-state index in [9.17, 15) is 31.1 Å². The van der Waals surface area contributed by atoms with Crippen LogP contribution in [0.25, 0.3) is 0 Å². The van der Waals surface area contributed by atoms with Crippen LogP contribution in [-0.4, -0.2) is 12.1 Å². The van der Waals surface area contributed by atoms with Gasteiger partial charge in [0.25, 0.3) is 0 Å². The fraction of sp³-hybridized carbons (Fsp3) is 0.632. The topological polar surface area (TPSA) is 26.3 Å². The monoisotopic (exact) mass is 396 g/mol. The summed E-state index contributed by atoms with van der Waals surface area (Å²) in [6, 6.07) is 1.63. The Morgan fingerprint density at radius 3 is 2.00 bits per heavy atom. The predicted molar refractivity (Wildman–Crippen MR) is 86.8 cm³/mol. The molecule has 0 saturated carbocycles. The molecular formula is C19H22F6O2. The third-order valence-electron chi connectivity index (χ3n) is 5.07. The molecule has 152 valence electrons. The first-order chi connectivity index (χ1) is 12.3. The molecule has 0 N–H and O–H groups in total. The minimum Gasteiger partial charge on any atom is -0.462 e. The Bertz CT molecular complexity index is 646. The van der Waals surface area contributed by atoms with E-state index in [1.807, 2.05) is 20.8 Å². The zero-order chi connectivity index (χ0) is 20.6. The lowest BCUT2D eigenvalue weighted by molar-refractivity contribution is -0.166. The van der Waals surface area contributed by atoms with E-state index in [0.717, 1.165) is 12.1 Å². The number of hydrogen-bond acceptors (Lipinski definition) is 2. The van der Waals surface area contributed by atoms with Crippen molar-refractivity contribution < 1.29 is 35.9 Å². The number of aryl methyl sites for hydroxylation is 1. The van der Waals surface area contributed by atoms with Gasteiger partial charge in [0, 0.05) is 6.42 Å². The summed E-state index contributed by atoms with van der Waals surface area (Å²) in [4.78, 5) is 11.8. The van der Waals surface area contributed by atoms with Gasteiger partial charge in [-0.3, -0.25) is 4.79 Å². The van der Waals surface area contributed by atoms with E-state index in [1.165, 1.54) is 0 Å². The molecule has 1 unspecified atom stereocenters. The van der Waals surface area contributed by atoms with Crippen molar-refractivity contribution >= 4 is 5.97 Å². The molecule has 2 rings (SSSR count). The van der Waals surface area contributed by atoms with Gasteiger partial charge in [-0.05, 0) is 54.4 Å². The average Bonchev–Trinajstić information content (AvgIpc) is 2.53. The SMILES string of the molecule is CC(C)[C@H]1OC(=O)CC(CCc2cc(C(F)(F)F)cc(C(F)(F)F)c2)[C@@H]1C. The van der Waals surface area contributed by atoms with Gasteiger partial charge in [-0.15, -0.1) is 0 Å². The van der Waals surface area contributed by atoms with Gasteiger partial charge < -0.3 is 4.74 Å². The number of carbonyl (C=O) groups excluding carboxylic acids is 1. The van der Waals surface area contributed by atoms with Crippen LogP contribution in [0.15, 0.2) is 18.2 Å². The van der Waals surface area contributed by atoms with Gasteiger partial charge in [-0.25, -0.2) is 0 Å². The number of carbonyl (C=O) groups is 1. The normalized spacial score (nSPS) is 24.2. The summed E-state index contributed by atoms with van der Waals surface area (Å²) < 4.78 is 83.1. The van der Waals surface area contributed by atoms with Crippen molar-refractivity contribution in [1.29, 1.82) is 0 Å². The summed E-state index contributed by atoms with van der Waals surface area (Å²) in [7, 11) is 0. The molecule has 8 heteroatoms. The van der Waals surface area contributed by atoms with Gasteiger partial charge in [-0.2, -0.15) is 26.3 Å². The van der Waals surface area contributed by atoms with E-state index in [4.69, 9.17) is 4.74 Å². The molecule has 0 aromatic heterocycles. The van der Waals surface area contributed by atoms with Crippen LogP contribution >= 0.6 is 0 Å². The number of alkyl halides is 6. The number of halogens is 6. The van der Waals surface area contributed by atoms with Gasteiger partial charge in [0.2, 0.25) is 0 Å². The van der Waals surface area contributed by atoms with E-state index in [2.05, 4.69) is 0 Å².